The van der Waals surface area contributed by atoms with Crippen molar-refractivity contribution >= 4 is 22.8 Å². The smallest absolute Gasteiger partial charge is 0.254 e. The third-order valence-electron chi connectivity index (χ3n) is 5.82. The first-order valence-electron chi connectivity index (χ1n) is 10.6. The van der Waals surface area contributed by atoms with Gasteiger partial charge in [0, 0.05) is 36.5 Å². The fourth-order valence-electron chi connectivity index (χ4n) is 4.08. The number of methoxy groups -OCH3 is 1. The van der Waals surface area contributed by atoms with E-state index in [2.05, 4.69) is 20.5 Å². The van der Waals surface area contributed by atoms with Gasteiger partial charge < -0.3 is 15.0 Å². The van der Waals surface area contributed by atoms with E-state index in [1.165, 1.54) is 0 Å². The van der Waals surface area contributed by atoms with Gasteiger partial charge in [0.25, 0.3) is 5.91 Å². The highest BCUT2D eigenvalue weighted by atomic mass is 16.5. The van der Waals surface area contributed by atoms with Crippen molar-refractivity contribution in [2.75, 3.05) is 25.5 Å². The van der Waals surface area contributed by atoms with Gasteiger partial charge in [-0.1, -0.05) is 12.1 Å². The van der Waals surface area contributed by atoms with Crippen LogP contribution in [0, 0.1) is 0 Å². The molecule has 0 radical (unpaired) electrons. The van der Waals surface area contributed by atoms with Gasteiger partial charge in [0.15, 0.2) is 11.5 Å². The van der Waals surface area contributed by atoms with Gasteiger partial charge in [-0.15, -0.1) is 0 Å². The lowest BCUT2D eigenvalue weighted by molar-refractivity contribution is 0.0790. The molecular weight excluding hydrogens is 404 g/mol. The number of hydrogen-bond donors (Lipinski definition) is 2. The normalized spacial score (nSPS) is 15.8. The Balaban J connectivity index is 1.27. The summed E-state index contributed by atoms with van der Waals surface area (Å²) in [4.78, 5) is 23.9. The molecule has 0 spiro atoms. The quantitative estimate of drug-likeness (QED) is 0.487. The van der Waals surface area contributed by atoms with Crippen molar-refractivity contribution in [3.8, 4) is 5.75 Å². The predicted octanol–water partition coefficient (Wildman–Crippen LogP) is 3.60. The molecule has 0 bridgehead atoms. The number of nitrogens with one attached hydrogen (secondary N) is 2. The molecule has 3 aromatic heterocycles. The van der Waals surface area contributed by atoms with E-state index in [4.69, 9.17) is 9.72 Å². The van der Waals surface area contributed by atoms with Gasteiger partial charge in [0.1, 0.15) is 5.75 Å². The maximum absolute atomic E-state index is 12.9. The van der Waals surface area contributed by atoms with E-state index < -0.39 is 0 Å². The van der Waals surface area contributed by atoms with Gasteiger partial charge in [-0.25, -0.2) is 4.98 Å². The SMILES string of the molecule is COc1cccc(C(=O)N2CC[C@H](c3ccc4c(NCc5ccccn5)n[nH]c4n3)C2)c1. The number of aromatic nitrogens is 4. The van der Waals surface area contributed by atoms with E-state index in [9.17, 15) is 4.79 Å². The summed E-state index contributed by atoms with van der Waals surface area (Å²) in [6.07, 6.45) is 2.66. The van der Waals surface area contributed by atoms with Gasteiger partial charge in [0.2, 0.25) is 0 Å². The summed E-state index contributed by atoms with van der Waals surface area (Å²) in [7, 11) is 1.60. The minimum Gasteiger partial charge on any atom is -0.497 e. The molecule has 5 rings (SSSR count). The molecule has 0 unspecified atom stereocenters. The molecule has 2 N–H and O–H groups in total. The molecule has 4 aromatic rings. The largest absolute Gasteiger partial charge is 0.497 e. The molecule has 1 aliphatic heterocycles. The number of hydrogen-bond acceptors (Lipinski definition) is 6. The first-order chi connectivity index (χ1) is 15.7. The Morgan fingerprint density at radius 2 is 2.16 bits per heavy atom. The summed E-state index contributed by atoms with van der Waals surface area (Å²) in [5.41, 5.74) is 3.30. The van der Waals surface area contributed by atoms with Crippen LogP contribution in [-0.4, -0.2) is 51.2 Å². The minimum absolute atomic E-state index is 0.0232. The maximum Gasteiger partial charge on any atom is 0.254 e. The van der Waals surface area contributed by atoms with Crippen LogP contribution in [-0.2, 0) is 6.54 Å². The summed E-state index contributed by atoms with van der Waals surface area (Å²) >= 11 is 0. The number of amides is 1. The number of aromatic amines is 1. The number of anilines is 1. The zero-order chi connectivity index (χ0) is 21.9. The van der Waals surface area contributed by atoms with E-state index in [-0.39, 0.29) is 11.8 Å². The van der Waals surface area contributed by atoms with Crippen LogP contribution in [0.25, 0.3) is 11.0 Å². The van der Waals surface area contributed by atoms with Gasteiger partial charge in [0.05, 0.1) is 24.7 Å². The summed E-state index contributed by atoms with van der Waals surface area (Å²) in [5, 5.41) is 11.6. The van der Waals surface area contributed by atoms with Crippen molar-refractivity contribution < 1.29 is 9.53 Å². The number of rotatable bonds is 6. The highest BCUT2D eigenvalue weighted by molar-refractivity contribution is 5.95. The van der Waals surface area contributed by atoms with Gasteiger partial charge in [-0.2, -0.15) is 5.10 Å². The van der Waals surface area contributed by atoms with Crippen molar-refractivity contribution in [1.29, 1.82) is 0 Å². The molecule has 1 aromatic carbocycles. The van der Waals surface area contributed by atoms with E-state index in [0.717, 1.165) is 34.7 Å². The molecule has 1 atom stereocenters. The molecule has 8 heteroatoms. The first kappa shape index (κ1) is 20.0. The van der Waals surface area contributed by atoms with Crippen LogP contribution in [0.1, 0.15) is 34.1 Å². The van der Waals surface area contributed by atoms with Crippen LogP contribution in [0.15, 0.2) is 60.8 Å². The monoisotopic (exact) mass is 428 g/mol. The van der Waals surface area contributed by atoms with E-state index in [1.54, 1.807) is 19.4 Å². The second kappa shape index (κ2) is 8.66. The van der Waals surface area contributed by atoms with Crippen LogP contribution < -0.4 is 10.1 Å². The summed E-state index contributed by atoms with van der Waals surface area (Å²) in [6, 6.07) is 17.2. The van der Waals surface area contributed by atoms with Gasteiger partial charge in [-0.05, 0) is 48.9 Å². The molecule has 0 aliphatic carbocycles. The number of ether oxygens (including phenoxy) is 1. The third kappa shape index (κ3) is 3.99. The molecule has 1 amide bonds. The lowest BCUT2D eigenvalue weighted by Crippen LogP contribution is -2.28. The molecular formula is C24H24N6O2. The fraction of sp³-hybridized carbons (Fsp3) is 0.250. The van der Waals surface area contributed by atoms with Crippen LogP contribution in [0.2, 0.25) is 0 Å². The van der Waals surface area contributed by atoms with Crippen molar-refractivity contribution in [2.45, 2.75) is 18.9 Å². The molecule has 1 aliphatic rings. The van der Waals surface area contributed by atoms with Crippen molar-refractivity contribution in [2.24, 2.45) is 0 Å². The Morgan fingerprint density at radius 1 is 1.22 bits per heavy atom. The highest BCUT2D eigenvalue weighted by Crippen LogP contribution is 2.29. The topological polar surface area (TPSA) is 96.0 Å². The number of carbonyl (C=O) groups is 1. The lowest BCUT2D eigenvalue weighted by atomic mass is 10.0. The Labute approximate surface area is 185 Å². The van der Waals surface area contributed by atoms with Crippen molar-refractivity contribution in [3.05, 3.63) is 77.7 Å². The zero-order valence-electron chi connectivity index (χ0n) is 17.8. The maximum atomic E-state index is 12.9. The number of H-pyrrole nitrogens is 1. The molecule has 162 valence electrons. The van der Waals surface area contributed by atoms with Crippen LogP contribution in [0.4, 0.5) is 5.82 Å². The molecule has 1 fully saturated rings. The van der Waals surface area contributed by atoms with Gasteiger partial charge in [-0.3, -0.25) is 14.9 Å². The summed E-state index contributed by atoms with van der Waals surface area (Å²) in [6.45, 7) is 1.94. The first-order valence-corrected chi connectivity index (χ1v) is 10.6. The van der Waals surface area contributed by atoms with Crippen molar-refractivity contribution in [1.82, 2.24) is 25.1 Å². The van der Waals surface area contributed by atoms with Gasteiger partial charge >= 0.3 is 0 Å². The zero-order valence-corrected chi connectivity index (χ0v) is 17.8. The Bertz CT molecular complexity index is 1240. The van der Waals surface area contributed by atoms with Crippen LogP contribution in [0.3, 0.4) is 0 Å². The average Bonchev–Trinajstić information content (AvgIpc) is 3.50. The minimum atomic E-state index is 0.0232. The number of fused-ring (bicyclic) bond motifs is 1. The standard InChI is InChI=1S/C24H24N6O2/c1-32-19-7-4-5-16(13-19)24(31)30-12-10-17(15-30)21-9-8-20-22(28-29-23(20)27-21)26-14-18-6-2-3-11-25-18/h2-9,11,13,17H,10,12,14-15H2,1H3,(H2,26,27,28,29)/t17-/m0/s1. The molecule has 1 saturated heterocycles. The van der Waals surface area contributed by atoms with E-state index in [0.29, 0.717) is 30.9 Å². The predicted molar refractivity (Wildman–Crippen MR) is 122 cm³/mol. The average molecular weight is 428 g/mol. The molecule has 8 nitrogen and oxygen atoms in total. The Kier molecular flexibility index (Phi) is 5.41. The number of pyridine rings is 2. The van der Waals surface area contributed by atoms with Crippen molar-refractivity contribution in [3.63, 3.8) is 0 Å². The molecule has 4 heterocycles. The van der Waals surface area contributed by atoms with Crippen LogP contribution >= 0.6 is 0 Å². The number of likely N-dealkylation sites (tertiary alicyclic amines) is 1. The van der Waals surface area contributed by atoms with E-state index >= 15 is 0 Å². The summed E-state index contributed by atoms with van der Waals surface area (Å²) in [5.74, 6) is 1.66. The fourth-order valence-corrected chi connectivity index (χ4v) is 4.08. The summed E-state index contributed by atoms with van der Waals surface area (Å²) < 4.78 is 5.24. The second-order valence-corrected chi connectivity index (χ2v) is 7.85. The second-order valence-electron chi connectivity index (χ2n) is 7.85. The van der Waals surface area contributed by atoms with E-state index in [1.807, 2.05) is 53.4 Å². The Morgan fingerprint density at radius 3 is 3.00 bits per heavy atom. The number of nitrogens with zero attached hydrogens (tertiary/aromatic N) is 4. The Hall–Kier alpha value is -3.94. The number of benzene rings is 1. The third-order valence-corrected chi connectivity index (χ3v) is 5.82. The molecule has 32 heavy (non-hydrogen) atoms. The number of carbonyl (C=O) groups excluding carboxylic acids is 1. The highest BCUT2D eigenvalue weighted by Gasteiger charge is 2.29. The van der Waals surface area contributed by atoms with Crippen LogP contribution in [0.5, 0.6) is 5.75 Å². The molecule has 0 saturated carbocycles. The lowest BCUT2D eigenvalue weighted by Gasteiger charge is -2.17.